The van der Waals surface area contributed by atoms with Gasteiger partial charge in [0.05, 0.1) is 16.7 Å². The van der Waals surface area contributed by atoms with E-state index in [0.29, 0.717) is 17.5 Å². The lowest BCUT2D eigenvalue weighted by Crippen LogP contribution is -2.01. The molecular weight excluding hydrogens is 590 g/mol. The molecule has 0 aliphatic carbocycles. The van der Waals surface area contributed by atoms with Gasteiger partial charge in [-0.15, -0.1) is 0 Å². The van der Waals surface area contributed by atoms with Crippen molar-refractivity contribution in [1.82, 2.24) is 24.5 Å². The first-order valence-corrected chi connectivity index (χ1v) is 15.9. The van der Waals surface area contributed by atoms with Gasteiger partial charge < -0.3 is 8.98 Å². The number of hydrogen-bond acceptors (Lipinski definition) is 5. The largest absolute Gasteiger partial charge is 0.456 e. The van der Waals surface area contributed by atoms with Crippen LogP contribution in [-0.2, 0) is 0 Å². The summed E-state index contributed by atoms with van der Waals surface area (Å²) in [7, 11) is 0. The minimum atomic E-state index is 0.579. The van der Waals surface area contributed by atoms with Crippen LogP contribution >= 0.6 is 0 Å². The molecule has 0 atom stereocenters. The molecule has 0 amide bonds. The highest BCUT2D eigenvalue weighted by Gasteiger charge is 2.19. The molecule has 0 saturated carbocycles. The summed E-state index contributed by atoms with van der Waals surface area (Å²) in [5.41, 5.74) is 7.71. The molecular formula is C42H25N5O. The fourth-order valence-corrected chi connectivity index (χ4v) is 6.96. The number of aromatic nitrogens is 5. The average molecular weight is 616 g/mol. The predicted molar refractivity (Wildman–Crippen MR) is 193 cm³/mol. The molecule has 6 heteroatoms. The molecule has 0 spiro atoms. The molecule has 4 heterocycles. The van der Waals surface area contributed by atoms with Gasteiger partial charge in [0.15, 0.2) is 17.5 Å². The Hall–Kier alpha value is -6.66. The zero-order valence-corrected chi connectivity index (χ0v) is 25.6. The van der Waals surface area contributed by atoms with Crippen LogP contribution in [0.15, 0.2) is 156 Å². The Morgan fingerprint density at radius 2 is 1.08 bits per heavy atom. The molecule has 224 valence electrons. The van der Waals surface area contributed by atoms with E-state index in [1.165, 1.54) is 21.8 Å². The zero-order valence-electron chi connectivity index (χ0n) is 25.6. The summed E-state index contributed by atoms with van der Waals surface area (Å²) in [6, 6.07) is 48.1. The minimum Gasteiger partial charge on any atom is -0.456 e. The van der Waals surface area contributed by atoms with Crippen molar-refractivity contribution in [2.45, 2.75) is 0 Å². The molecule has 10 aromatic rings. The second-order valence-corrected chi connectivity index (χ2v) is 11.9. The molecule has 0 radical (unpaired) electrons. The second-order valence-electron chi connectivity index (χ2n) is 11.9. The molecule has 6 aromatic carbocycles. The monoisotopic (exact) mass is 615 g/mol. The van der Waals surface area contributed by atoms with Crippen molar-refractivity contribution in [3.8, 4) is 39.9 Å². The van der Waals surface area contributed by atoms with Crippen molar-refractivity contribution in [2.24, 2.45) is 0 Å². The number of para-hydroxylation sites is 2. The normalized spacial score (nSPS) is 11.8. The summed E-state index contributed by atoms with van der Waals surface area (Å²) in [5, 5.41) is 6.62. The van der Waals surface area contributed by atoms with E-state index in [0.717, 1.165) is 55.1 Å². The molecule has 4 aromatic heterocycles. The first kappa shape index (κ1) is 26.5. The van der Waals surface area contributed by atoms with E-state index < -0.39 is 0 Å². The first-order valence-electron chi connectivity index (χ1n) is 15.9. The summed E-state index contributed by atoms with van der Waals surface area (Å²) in [4.78, 5) is 19.5. The summed E-state index contributed by atoms with van der Waals surface area (Å²) in [5.74, 6) is 1.80. The predicted octanol–water partition coefficient (Wildman–Crippen LogP) is 10.4. The topological polar surface area (TPSA) is 69.6 Å². The van der Waals surface area contributed by atoms with Crippen molar-refractivity contribution in [2.75, 3.05) is 0 Å². The lowest BCUT2D eigenvalue weighted by atomic mass is 10.0. The van der Waals surface area contributed by atoms with Crippen molar-refractivity contribution in [1.29, 1.82) is 0 Å². The number of rotatable bonds is 4. The highest BCUT2D eigenvalue weighted by Crippen LogP contribution is 2.38. The number of benzene rings is 6. The fraction of sp³-hybridized carbons (Fsp3) is 0. The summed E-state index contributed by atoms with van der Waals surface area (Å²) >= 11 is 0. The number of fused-ring (bicyclic) bond motifs is 7. The van der Waals surface area contributed by atoms with Gasteiger partial charge in [-0.25, -0.2) is 15.0 Å². The molecule has 0 aliphatic rings. The van der Waals surface area contributed by atoms with E-state index in [9.17, 15) is 0 Å². The molecule has 0 saturated heterocycles. The Bertz CT molecular complexity index is 2800. The standard InChI is InChI=1S/C42H25N5O/c1-2-10-26(11-3-1)40-44-41(27-18-19-32-34-25-43-23-22-38(34)48-39(32)24-27)46-42(45-40)33-20-21-37(29-13-5-4-12-28(29)33)47-35-16-8-6-14-30(35)31-15-7-9-17-36(31)47/h1-25H. The van der Waals surface area contributed by atoms with E-state index in [4.69, 9.17) is 19.4 Å². The van der Waals surface area contributed by atoms with E-state index >= 15 is 0 Å². The van der Waals surface area contributed by atoms with Crippen molar-refractivity contribution >= 4 is 54.5 Å². The van der Waals surface area contributed by atoms with Crippen LogP contribution in [0.2, 0.25) is 0 Å². The Labute approximate surface area is 274 Å². The quantitative estimate of drug-likeness (QED) is 0.197. The lowest BCUT2D eigenvalue weighted by Gasteiger charge is -2.15. The summed E-state index contributed by atoms with van der Waals surface area (Å²) < 4.78 is 8.56. The van der Waals surface area contributed by atoms with Crippen LogP contribution in [0.5, 0.6) is 0 Å². The highest BCUT2D eigenvalue weighted by atomic mass is 16.3. The van der Waals surface area contributed by atoms with Gasteiger partial charge in [0, 0.05) is 56.0 Å². The average Bonchev–Trinajstić information content (AvgIpc) is 3.70. The molecule has 6 nitrogen and oxygen atoms in total. The maximum absolute atomic E-state index is 6.20. The Morgan fingerprint density at radius 3 is 1.85 bits per heavy atom. The number of nitrogens with zero attached hydrogens (tertiary/aromatic N) is 5. The fourth-order valence-electron chi connectivity index (χ4n) is 6.96. The van der Waals surface area contributed by atoms with Crippen LogP contribution in [0.4, 0.5) is 0 Å². The third-order valence-corrected chi connectivity index (χ3v) is 9.16. The molecule has 0 unspecified atom stereocenters. The van der Waals surface area contributed by atoms with Crippen LogP contribution in [0.3, 0.4) is 0 Å². The maximum atomic E-state index is 6.20. The van der Waals surface area contributed by atoms with Gasteiger partial charge in [-0.1, -0.05) is 97.1 Å². The van der Waals surface area contributed by atoms with E-state index in [1.54, 1.807) is 6.20 Å². The molecule has 48 heavy (non-hydrogen) atoms. The van der Waals surface area contributed by atoms with Crippen LogP contribution in [0.25, 0.3) is 94.4 Å². The van der Waals surface area contributed by atoms with Crippen LogP contribution in [0.1, 0.15) is 0 Å². The van der Waals surface area contributed by atoms with Gasteiger partial charge in [0.1, 0.15) is 11.2 Å². The van der Waals surface area contributed by atoms with Gasteiger partial charge in [-0.3, -0.25) is 4.98 Å². The van der Waals surface area contributed by atoms with Crippen LogP contribution in [0, 0.1) is 0 Å². The molecule has 0 bridgehead atoms. The number of furan rings is 1. The van der Waals surface area contributed by atoms with Gasteiger partial charge in [0.2, 0.25) is 0 Å². The molecule has 10 rings (SSSR count). The third kappa shape index (κ3) is 4.06. The minimum absolute atomic E-state index is 0.579. The number of pyridine rings is 1. The SMILES string of the molecule is c1ccc(-c2nc(-c3ccc4c(c3)oc3ccncc34)nc(-c3ccc(-n4c5ccccc5c5ccccc54)c4ccccc34)n2)cc1. The third-order valence-electron chi connectivity index (χ3n) is 9.16. The van der Waals surface area contributed by atoms with Crippen LogP contribution < -0.4 is 0 Å². The van der Waals surface area contributed by atoms with Gasteiger partial charge in [-0.05, 0) is 47.9 Å². The van der Waals surface area contributed by atoms with Crippen molar-refractivity contribution in [3.63, 3.8) is 0 Å². The molecule has 0 fully saturated rings. The van der Waals surface area contributed by atoms with Crippen molar-refractivity contribution in [3.05, 3.63) is 152 Å². The molecule has 0 N–H and O–H groups in total. The first-order chi connectivity index (χ1) is 23.8. The van der Waals surface area contributed by atoms with E-state index in [1.807, 2.05) is 54.7 Å². The summed E-state index contributed by atoms with van der Waals surface area (Å²) in [6.07, 6.45) is 3.58. The van der Waals surface area contributed by atoms with Gasteiger partial charge in [-0.2, -0.15) is 0 Å². The van der Waals surface area contributed by atoms with Gasteiger partial charge >= 0.3 is 0 Å². The van der Waals surface area contributed by atoms with Gasteiger partial charge in [0.25, 0.3) is 0 Å². The van der Waals surface area contributed by atoms with Crippen molar-refractivity contribution < 1.29 is 4.42 Å². The Morgan fingerprint density at radius 1 is 0.438 bits per heavy atom. The van der Waals surface area contributed by atoms with E-state index in [-0.39, 0.29) is 0 Å². The maximum Gasteiger partial charge on any atom is 0.164 e. The smallest absolute Gasteiger partial charge is 0.164 e. The Kier molecular flexibility index (Phi) is 5.77. The summed E-state index contributed by atoms with van der Waals surface area (Å²) in [6.45, 7) is 0. The Balaban J connectivity index is 1.20. The lowest BCUT2D eigenvalue weighted by molar-refractivity contribution is 0.668. The zero-order chi connectivity index (χ0) is 31.6. The second kappa shape index (κ2) is 10.4. The molecule has 0 aliphatic heterocycles. The highest BCUT2D eigenvalue weighted by molar-refractivity contribution is 6.11. The van der Waals surface area contributed by atoms with Crippen LogP contribution in [-0.4, -0.2) is 24.5 Å². The number of hydrogen-bond donors (Lipinski definition) is 0. The van der Waals surface area contributed by atoms with E-state index in [2.05, 4.69) is 101 Å².